The van der Waals surface area contributed by atoms with Gasteiger partial charge in [-0.1, -0.05) is 15.9 Å². The number of benzene rings is 1. The van der Waals surface area contributed by atoms with E-state index in [4.69, 9.17) is 10.00 Å². The number of carbonyl (C=O) groups excluding carboxylic acids is 1. The molecule has 0 aromatic heterocycles. The first-order chi connectivity index (χ1) is 10.1. The summed E-state index contributed by atoms with van der Waals surface area (Å²) in [5, 5.41) is 27.7. The van der Waals surface area contributed by atoms with Crippen LogP contribution in [0, 0.1) is 10.7 Å². The lowest BCUT2D eigenvalue weighted by Crippen LogP contribution is -2.09. The fraction of sp³-hybridized carbons (Fsp3) is 0.231. The van der Waals surface area contributed by atoms with E-state index in [1.165, 1.54) is 0 Å². The molecule has 0 aliphatic rings. The van der Waals surface area contributed by atoms with Gasteiger partial charge in [0.25, 0.3) is 0 Å². The molecule has 110 valence electrons. The number of esters is 1. The van der Waals surface area contributed by atoms with Gasteiger partial charge < -0.3 is 9.84 Å². The number of carbonyl (C=O) groups is 1. The first-order valence-electron chi connectivity index (χ1n) is 5.86. The monoisotopic (exact) mass is 369 g/mol. The molecule has 1 aromatic rings. The molecule has 1 N–H and O–H groups in total. The average Bonchev–Trinajstić information content (AvgIpc) is 2.47. The molecule has 0 aliphatic carbocycles. The van der Waals surface area contributed by atoms with Crippen LogP contribution in [-0.2, 0) is 9.53 Å². The van der Waals surface area contributed by atoms with Crippen LogP contribution < -0.4 is 0 Å². The van der Waals surface area contributed by atoms with E-state index in [1.54, 1.807) is 36.6 Å². The lowest BCUT2D eigenvalue weighted by molar-refractivity contribution is -0.138. The maximum Gasteiger partial charge on any atom is 0.362 e. The van der Waals surface area contributed by atoms with E-state index in [0.29, 0.717) is 5.69 Å². The van der Waals surface area contributed by atoms with Crippen LogP contribution in [0.5, 0.6) is 0 Å². The molecule has 0 fully saturated rings. The summed E-state index contributed by atoms with van der Waals surface area (Å²) in [7, 11) is 0. The Bertz CT molecular complexity index is 594. The van der Waals surface area contributed by atoms with Gasteiger partial charge in [-0.15, -0.1) is 5.11 Å². The fourth-order valence-corrected chi connectivity index (χ4v) is 1.80. The highest BCUT2D eigenvalue weighted by atomic mass is 79.9. The third-order valence-corrected chi connectivity index (χ3v) is 3.18. The molecule has 0 atom stereocenters. The number of thioether (sulfide) groups is 1. The first-order valence-corrected chi connectivity index (χ1v) is 7.63. The molecule has 21 heavy (non-hydrogen) atoms. The molecule has 0 heterocycles. The molecule has 6 nitrogen and oxygen atoms in total. The minimum Gasteiger partial charge on any atom is -0.509 e. The second kappa shape index (κ2) is 9.15. The van der Waals surface area contributed by atoms with Crippen LogP contribution in [0.25, 0.3) is 0 Å². The van der Waals surface area contributed by atoms with Gasteiger partial charge in [-0.2, -0.15) is 10.4 Å². The number of halogens is 1. The van der Waals surface area contributed by atoms with Crippen molar-refractivity contribution >= 4 is 39.3 Å². The molecule has 1 aromatic carbocycles. The second-order valence-electron chi connectivity index (χ2n) is 3.57. The van der Waals surface area contributed by atoms with Gasteiger partial charge in [0.15, 0.2) is 0 Å². The summed E-state index contributed by atoms with van der Waals surface area (Å²) in [4.78, 5) is 11.7. The fourth-order valence-electron chi connectivity index (χ4n) is 1.20. The van der Waals surface area contributed by atoms with Crippen LogP contribution in [0.4, 0.5) is 5.69 Å². The molecule has 0 saturated heterocycles. The zero-order chi connectivity index (χ0) is 15.7. The SMILES string of the molecule is CCOC(=O)/C(N=Nc1ccc(Br)cc1)=C(/O)CSC#N. The van der Waals surface area contributed by atoms with E-state index in [1.807, 2.05) is 0 Å². The van der Waals surface area contributed by atoms with E-state index in [-0.39, 0.29) is 23.8 Å². The minimum absolute atomic E-state index is 0.0655. The zero-order valence-corrected chi connectivity index (χ0v) is 13.5. The Labute approximate surface area is 134 Å². The highest BCUT2D eigenvalue weighted by Gasteiger charge is 2.16. The number of hydrogen-bond donors (Lipinski definition) is 1. The minimum atomic E-state index is -0.783. The predicted octanol–water partition coefficient (Wildman–Crippen LogP) is 4.08. The molecular formula is C13H12BrN3O3S. The molecule has 1 rings (SSSR count). The van der Waals surface area contributed by atoms with Crippen LogP contribution in [0.3, 0.4) is 0 Å². The Morgan fingerprint density at radius 3 is 2.71 bits per heavy atom. The second-order valence-corrected chi connectivity index (χ2v) is 5.25. The summed E-state index contributed by atoms with van der Waals surface area (Å²) < 4.78 is 5.69. The van der Waals surface area contributed by atoms with Crippen LogP contribution in [0.1, 0.15) is 6.92 Å². The third-order valence-electron chi connectivity index (χ3n) is 2.11. The summed E-state index contributed by atoms with van der Waals surface area (Å²) >= 11 is 4.08. The van der Waals surface area contributed by atoms with E-state index in [0.717, 1.165) is 16.2 Å². The van der Waals surface area contributed by atoms with Gasteiger partial charge >= 0.3 is 5.97 Å². The van der Waals surface area contributed by atoms with Crippen molar-refractivity contribution < 1.29 is 14.6 Å². The van der Waals surface area contributed by atoms with E-state index in [2.05, 4.69) is 26.2 Å². The molecule has 0 spiro atoms. The van der Waals surface area contributed by atoms with Crippen molar-refractivity contribution in [2.24, 2.45) is 10.2 Å². The number of hydrogen-bond acceptors (Lipinski definition) is 7. The largest absolute Gasteiger partial charge is 0.509 e. The van der Waals surface area contributed by atoms with Gasteiger partial charge in [-0.05, 0) is 43.0 Å². The van der Waals surface area contributed by atoms with Crippen molar-refractivity contribution in [2.45, 2.75) is 6.92 Å². The summed E-state index contributed by atoms with van der Waals surface area (Å²) in [5.74, 6) is -1.19. The maximum absolute atomic E-state index is 11.7. The van der Waals surface area contributed by atoms with Crippen molar-refractivity contribution in [3.8, 4) is 5.40 Å². The molecule has 0 unspecified atom stereocenters. The van der Waals surface area contributed by atoms with Gasteiger partial charge in [0.1, 0.15) is 11.2 Å². The Morgan fingerprint density at radius 2 is 2.14 bits per heavy atom. The number of nitrogens with zero attached hydrogens (tertiary/aromatic N) is 3. The van der Waals surface area contributed by atoms with Crippen LogP contribution in [0.2, 0.25) is 0 Å². The quantitative estimate of drug-likeness (QED) is 0.268. The topological polar surface area (TPSA) is 95.0 Å². The van der Waals surface area contributed by atoms with Crippen molar-refractivity contribution in [1.82, 2.24) is 0 Å². The molecule has 0 amide bonds. The highest BCUT2D eigenvalue weighted by molar-refractivity contribution is 9.10. The molecule has 0 aliphatic heterocycles. The Kier molecular flexibility index (Phi) is 7.50. The van der Waals surface area contributed by atoms with Gasteiger partial charge in [0.2, 0.25) is 5.70 Å². The maximum atomic E-state index is 11.7. The average molecular weight is 370 g/mol. The van der Waals surface area contributed by atoms with Crippen LogP contribution in [-0.4, -0.2) is 23.4 Å². The van der Waals surface area contributed by atoms with Gasteiger partial charge in [-0.25, -0.2) is 4.79 Å². The Hall–Kier alpha value is -1.85. The molecular weight excluding hydrogens is 358 g/mol. The summed E-state index contributed by atoms with van der Waals surface area (Å²) in [6.45, 7) is 1.79. The van der Waals surface area contributed by atoms with E-state index < -0.39 is 5.97 Å². The predicted molar refractivity (Wildman–Crippen MR) is 83.0 cm³/mol. The number of nitriles is 1. The third kappa shape index (κ3) is 5.97. The lowest BCUT2D eigenvalue weighted by Gasteiger charge is -2.03. The Balaban J connectivity index is 2.99. The van der Waals surface area contributed by atoms with Gasteiger partial charge in [-0.3, -0.25) is 0 Å². The standard InChI is InChI=1S/C13H12BrN3O3S/c1-2-20-13(19)12(11(18)7-21-8-15)17-16-10-5-3-9(14)4-6-10/h3-6,18H,2,7H2,1H3/b12-11-,17-16?. The first kappa shape index (κ1) is 17.2. The number of thiocyanates is 1. The van der Waals surface area contributed by atoms with Crippen molar-refractivity contribution in [2.75, 3.05) is 12.4 Å². The molecule has 0 bridgehead atoms. The number of azo groups is 1. The van der Waals surface area contributed by atoms with Gasteiger partial charge in [0, 0.05) is 4.47 Å². The van der Waals surface area contributed by atoms with E-state index in [9.17, 15) is 9.90 Å². The van der Waals surface area contributed by atoms with Crippen molar-refractivity contribution in [3.63, 3.8) is 0 Å². The zero-order valence-electron chi connectivity index (χ0n) is 11.1. The number of ether oxygens (including phenoxy) is 1. The number of aliphatic hydroxyl groups is 1. The molecule has 0 saturated carbocycles. The highest BCUT2D eigenvalue weighted by Crippen LogP contribution is 2.19. The van der Waals surface area contributed by atoms with Crippen LogP contribution in [0.15, 0.2) is 50.4 Å². The lowest BCUT2D eigenvalue weighted by atomic mass is 10.3. The normalized spacial score (nSPS) is 11.9. The smallest absolute Gasteiger partial charge is 0.362 e. The molecule has 0 radical (unpaired) electrons. The summed E-state index contributed by atoms with van der Waals surface area (Å²) in [6, 6.07) is 6.93. The number of rotatable bonds is 6. The Morgan fingerprint density at radius 1 is 1.48 bits per heavy atom. The van der Waals surface area contributed by atoms with Crippen LogP contribution >= 0.6 is 27.7 Å². The van der Waals surface area contributed by atoms with Gasteiger partial charge in [0.05, 0.1) is 18.0 Å². The van der Waals surface area contributed by atoms with E-state index >= 15 is 0 Å². The summed E-state index contributed by atoms with van der Waals surface area (Å²) in [6.07, 6.45) is 0. The van der Waals surface area contributed by atoms with Crippen molar-refractivity contribution in [3.05, 3.63) is 40.2 Å². The molecule has 8 heteroatoms. The number of aliphatic hydroxyl groups excluding tert-OH is 1. The summed E-state index contributed by atoms with van der Waals surface area (Å²) in [5.41, 5.74) is 0.211. The van der Waals surface area contributed by atoms with Crippen molar-refractivity contribution in [1.29, 1.82) is 5.26 Å².